The lowest BCUT2D eigenvalue weighted by atomic mass is 10.2. The molecule has 5 nitrogen and oxygen atoms in total. The van der Waals surface area contributed by atoms with Gasteiger partial charge in [-0.1, -0.05) is 30.3 Å². The van der Waals surface area contributed by atoms with E-state index in [2.05, 4.69) is 20.9 Å². The fourth-order valence-corrected chi connectivity index (χ4v) is 1.77. The summed E-state index contributed by atoms with van der Waals surface area (Å²) in [6, 6.07) is 9.69. The van der Waals surface area contributed by atoms with Gasteiger partial charge in [0.15, 0.2) is 0 Å². The predicted octanol–water partition coefficient (Wildman–Crippen LogP) is 2.60. The second kappa shape index (κ2) is 4.44. The highest BCUT2D eigenvalue weighted by Gasteiger charge is 2.16. The second-order valence-electron chi connectivity index (χ2n) is 3.24. The van der Waals surface area contributed by atoms with Crippen molar-refractivity contribution in [2.45, 2.75) is 6.54 Å². The van der Waals surface area contributed by atoms with Crippen LogP contribution in [0.1, 0.15) is 5.56 Å². The first-order valence-electron chi connectivity index (χ1n) is 4.58. The molecule has 2 aromatic rings. The first-order chi connectivity index (χ1) is 7.66. The summed E-state index contributed by atoms with van der Waals surface area (Å²) in [4.78, 5) is 13.8. The Morgan fingerprint density at radius 1 is 1.38 bits per heavy atom. The molecular weight excluding hydrogens is 274 g/mol. The van der Waals surface area contributed by atoms with Crippen molar-refractivity contribution in [1.82, 2.24) is 9.55 Å². The smallest absolute Gasteiger partial charge is 0.358 e. The lowest BCUT2D eigenvalue weighted by molar-refractivity contribution is -0.389. The quantitative estimate of drug-likeness (QED) is 0.642. The van der Waals surface area contributed by atoms with Crippen molar-refractivity contribution in [3.8, 4) is 0 Å². The van der Waals surface area contributed by atoms with Gasteiger partial charge in [-0.05, 0) is 15.5 Å². The van der Waals surface area contributed by atoms with Crippen molar-refractivity contribution in [1.29, 1.82) is 0 Å². The minimum absolute atomic E-state index is 0.150. The van der Waals surface area contributed by atoms with Crippen LogP contribution in [0.4, 0.5) is 5.82 Å². The van der Waals surface area contributed by atoms with E-state index in [0.717, 1.165) is 5.56 Å². The van der Waals surface area contributed by atoms with Crippen molar-refractivity contribution < 1.29 is 4.92 Å². The Bertz CT molecular complexity index is 510. The molecule has 0 N–H and O–H groups in total. The van der Waals surface area contributed by atoms with Crippen molar-refractivity contribution in [3.05, 3.63) is 56.9 Å². The van der Waals surface area contributed by atoms with Gasteiger partial charge < -0.3 is 10.1 Å². The van der Waals surface area contributed by atoms with Gasteiger partial charge in [-0.15, -0.1) is 0 Å². The van der Waals surface area contributed by atoms with Crippen LogP contribution in [0, 0.1) is 10.1 Å². The summed E-state index contributed by atoms with van der Waals surface area (Å²) >= 11 is 3.19. The summed E-state index contributed by atoms with van der Waals surface area (Å²) in [5.41, 5.74) is 1.07. The minimum Gasteiger partial charge on any atom is -0.358 e. The van der Waals surface area contributed by atoms with Crippen LogP contribution < -0.4 is 0 Å². The number of nitro groups is 1. The number of imidazole rings is 1. The number of benzene rings is 1. The van der Waals surface area contributed by atoms with Crippen LogP contribution in [0.25, 0.3) is 0 Å². The van der Waals surface area contributed by atoms with Crippen LogP contribution in [0.2, 0.25) is 0 Å². The highest BCUT2D eigenvalue weighted by atomic mass is 79.9. The van der Waals surface area contributed by atoms with Gasteiger partial charge in [0.05, 0.1) is 6.54 Å². The van der Waals surface area contributed by atoms with E-state index < -0.39 is 4.92 Å². The van der Waals surface area contributed by atoms with Gasteiger partial charge in [0.1, 0.15) is 6.20 Å². The predicted molar refractivity (Wildman–Crippen MR) is 62.1 cm³/mol. The van der Waals surface area contributed by atoms with E-state index in [0.29, 0.717) is 11.3 Å². The zero-order chi connectivity index (χ0) is 11.5. The van der Waals surface area contributed by atoms with Crippen molar-refractivity contribution >= 4 is 21.7 Å². The first-order valence-corrected chi connectivity index (χ1v) is 5.37. The monoisotopic (exact) mass is 281 g/mol. The molecule has 6 heteroatoms. The Morgan fingerprint density at radius 2 is 2.06 bits per heavy atom. The highest BCUT2D eigenvalue weighted by molar-refractivity contribution is 9.10. The summed E-state index contributed by atoms with van der Waals surface area (Å²) in [6.07, 6.45) is 1.41. The van der Waals surface area contributed by atoms with E-state index in [-0.39, 0.29) is 5.82 Å². The summed E-state index contributed by atoms with van der Waals surface area (Å²) in [7, 11) is 0. The summed E-state index contributed by atoms with van der Waals surface area (Å²) < 4.78 is 2.15. The highest BCUT2D eigenvalue weighted by Crippen LogP contribution is 2.17. The van der Waals surface area contributed by atoms with Gasteiger partial charge >= 0.3 is 5.82 Å². The number of aromatic nitrogens is 2. The zero-order valence-corrected chi connectivity index (χ0v) is 9.79. The van der Waals surface area contributed by atoms with E-state index in [1.807, 2.05) is 30.3 Å². The molecule has 0 aliphatic carbocycles. The molecule has 0 aliphatic heterocycles. The molecule has 1 heterocycles. The fourth-order valence-electron chi connectivity index (χ4n) is 1.36. The molecule has 0 bridgehead atoms. The second-order valence-corrected chi connectivity index (χ2v) is 3.95. The van der Waals surface area contributed by atoms with Crippen LogP contribution in [-0.4, -0.2) is 14.5 Å². The lowest BCUT2D eigenvalue weighted by Crippen LogP contribution is -1.97. The largest absolute Gasteiger partial charge is 0.382 e. The van der Waals surface area contributed by atoms with Crippen LogP contribution in [0.15, 0.2) is 41.3 Å². The molecular formula is C10H8BrN3O2. The molecule has 16 heavy (non-hydrogen) atoms. The Labute approximate surface area is 100 Å². The van der Waals surface area contributed by atoms with Crippen LogP contribution in [0.5, 0.6) is 0 Å². The van der Waals surface area contributed by atoms with Gasteiger partial charge in [-0.25, -0.2) is 0 Å². The molecule has 0 saturated carbocycles. The number of rotatable bonds is 3. The third-order valence-corrected chi connectivity index (χ3v) is 2.73. The zero-order valence-electron chi connectivity index (χ0n) is 8.21. The molecule has 0 amide bonds. The summed E-state index contributed by atoms with van der Waals surface area (Å²) in [5, 5.41) is 10.5. The van der Waals surface area contributed by atoms with E-state index >= 15 is 0 Å². The topological polar surface area (TPSA) is 61.0 Å². The number of halogens is 1. The Kier molecular flexibility index (Phi) is 3.00. The standard InChI is InChI=1S/C10H8BrN3O2/c11-10-12-9(14(15)16)7-13(10)6-8-4-2-1-3-5-8/h1-5,7H,6H2. The Morgan fingerprint density at radius 3 is 2.62 bits per heavy atom. The Balaban J connectivity index is 2.25. The summed E-state index contributed by atoms with van der Waals surface area (Å²) in [6.45, 7) is 0.558. The van der Waals surface area contributed by atoms with Gasteiger partial charge in [0.25, 0.3) is 4.73 Å². The average molecular weight is 282 g/mol. The maximum absolute atomic E-state index is 10.5. The average Bonchev–Trinajstić information content (AvgIpc) is 2.62. The molecule has 0 unspecified atom stereocenters. The van der Waals surface area contributed by atoms with E-state index in [4.69, 9.17) is 0 Å². The molecule has 82 valence electrons. The molecule has 0 spiro atoms. The molecule has 0 fully saturated rings. The lowest BCUT2D eigenvalue weighted by Gasteiger charge is -2.00. The molecule has 1 aromatic carbocycles. The molecule has 2 rings (SSSR count). The van der Waals surface area contributed by atoms with Gasteiger partial charge in [0.2, 0.25) is 0 Å². The van der Waals surface area contributed by atoms with Crippen LogP contribution >= 0.6 is 15.9 Å². The van der Waals surface area contributed by atoms with E-state index in [1.54, 1.807) is 4.57 Å². The maximum atomic E-state index is 10.5. The molecule has 0 saturated heterocycles. The van der Waals surface area contributed by atoms with Gasteiger partial charge in [-0.2, -0.15) is 0 Å². The SMILES string of the molecule is O=[N+]([O-])c1cn(Cc2ccccc2)c(Br)n1. The minimum atomic E-state index is -0.508. The van der Waals surface area contributed by atoms with Crippen molar-refractivity contribution in [3.63, 3.8) is 0 Å². The third-order valence-electron chi connectivity index (χ3n) is 2.10. The van der Waals surface area contributed by atoms with Crippen molar-refractivity contribution in [2.24, 2.45) is 0 Å². The molecule has 0 atom stereocenters. The number of hydrogen-bond donors (Lipinski definition) is 0. The van der Waals surface area contributed by atoms with Crippen molar-refractivity contribution in [2.75, 3.05) is 0 Å². The first kappa shape index (κ1) is 10.8. The normalized spacial score (nSPS) is 10.3. The molecule has 0 aliphatic rings. The van der Waals surface area contributed by atoms with Gasteiger partial charge in [-0.3, -0.25) is 4.57 Å². The maximum Gasteiger partial charge on any atom is 0.382 e. The van der Waals surface area contributed by atoms with Crippen LogP contribution in [0.3, 0.4) is 0 Å². The van der Waals surface area contributed by atoms with Gasteiger partial charge in [0, 0.05) is 15.9 Å². The number of hydrogen-bond acceptors (Lipinski definition) is 3. The van der Waals surface area contributed by atoms with E-state index in [9.17, 15) is 10.1 Å². The fraction of sp³-hybridized carbons (Fsp3) is 0.100. The third kappa shape index (κ3) is 2.27. The van der Waals surface area contributed by atoms with Crippen LogP contribution in [-0.2, 0) is 6.54 Å². The Hall–Kier alpha value is -1.69. The van der Waals surface area contributed by atoms with E-state index in [1.165, 1.54) is 6.20 Å². The summed E-state index contributed by atoms with van der Waals surface area (Å²) in [5.74, 6) is -0.150. The molecule has 0 radical (unpaired) electrons. The molecule has 1 aromatic heterocycles. The number of nitrogens with zero attached hydrogens (tertiary/aromatic N) is 3.